The van der Waals surface area contributed by atoms with Crippen LogP contribution in [0.25, 0.3) is 0 Å². The lowest BCUT2D eigenvalue weighted by atomic mass is 10.1. The van der Waals surface area contributed by atoms with Gasteiger partial charge in [-0.05, 0) is 50.2 Å². The second-order valence-corrected chi connectivity index (χ2v) is 4.82. The molecule has 1 atom stereocenters. The van der Waals surface area contributed by atoms with Gasteiger partial charge in [-0.3, -0.25) is 0 Å². The summed E-state index contributed by atoms with van der Waals surface area (Å²) in [5, 5.41) is 1.55. The lowest BCUT2D eigenvalue weighted by molar-refractivity contribution is 0.299. The van der Waals surface area contributed by atoms with Crippen molar-refractivity contribution in [3.63, 3.8) is 0 Å². The Morgan fingerprint density at radius 1 is 1.29 bits per heavy atom. The van der Waals surface area contributed by atoms with Crippen LogP contribution in [0.4, 0.5) is 0 Å². The Bertz CT molecular complexity index is 361. The molecule has 0 heterocycles. The van der Waals surface area contributed by atoms with Crippen molar-refractivity contribution < 1.29 is 0 Å². The summed E-state index contributed by atoms with van der Waals surface area (Å²) in [7, 11) is 4.18. The third-order valence-corrected chi connectivity index (χ3v) is 3.40. The first-order valence-corrected chi connectivity index (χ1v) is 5.49. The third-order valence-electron chi connectivity index (χ3n) is 2.84. The Kier molecular flexibility index (Phi) is 2.74. The normalized spacial score (nSPS) is 20.2. The minimum atomic E-state index is 0.473. The monoisotopic (exact) mass is 229 g/mol. The van der Waals surface area contributed by atoms with Crippen LogP contribution in [0, 0.1) is 0 Å². The topological polar surface area (TPSA) is 3.24 Å². The minimum Gasteiger partial charge on any atom is -0.302 e. The average molecular weight is 230 g/mol. The fraction of sp³-hybridized carbons (Fsp3) is 0.455. The van der Waals surface area contributed by atoms with Crippen LogP contribution in [0.3, 0.4) is 0 Å². The number of fused-ring (bicyclic) bond motifs is 1. The highest BCUT2D eigenvalue weighted by atomic mass is 35.5. The van der Waals surface area contributed by atoms with E-state index in [4.69, 9.17) is 23.2 Å². The molecule has 0 bridgehead atoms. The van der Waals surface area contributed by atoms with Crippen LogP contribution in [0.15, 0.2) is 12.1 Å². The van der Waals surface area contributed by atoms with Crippen LogP contribution in [-0.2, 0) is 6.42 Å². The summed E-state index contributed by atoms with van der Waals surface area (Å²) < 4.78 is 0. The van der Waals surface area contributed by atoms with Crippen LogP contribution < -0.4 is 0 Å². The van der Waals surface area contributed by atoms with Gasteiger partial charge in [0.15, 0.2) is 0 Å². The average Bonchev–Trinajstić information content (AvgIpc) is 2.47. The molecular weight excluding hydrogens is 217 g/mol. The SMILES string of the molecule is CN(C)C1CCc2c(Cl)cc(Cl)cc21. The summed E-state index contributed by atoms with van der Waals surface area (Å²) in [5.74, 6) is 0. The molecule has 0 fully saturated rings. The zero-order valence-electron chi connectivity index (χ0n) is 8.35. The van der Waals surface area contributed by atoms with Gasteiger partial charge in [-0.25, -0.2) is 0 Å². The molecule has 1 aromatic carbocycles. The predicted molar refractivity (Wildman–Crippen MR) is 61.2 cm³/mol. The van der Waals surface area contributed by atoms with Gasteiger partial charge in [0, 0.05) is 16.1 Å². The molecule has 0 radical (unpaired) electrons. The van der Waals surface area contributed by atoms with E-state index in [2.05, 4.69) is 19.0 Å². The molecule has 0 N–H and O–H groups in total. The zero-order valence-corrected chi connectivity index (χ0v) is 9.86. The zero-order chi connectivity index (χ0) is 10.3. The predicted octanol–water partition coefficient (Wildman–Crippen LogP) is 3.54. The third kappa shape index (κ3) is 1.65. The Morgan fingerprint density at radius 3 is 2.64 bits per heavy atom. The van der Waals surface area contributed by atoms with E-state index in [-0.39, 0.29) is 0 Å². The maximum absolute atomic E-state index is 6.14. The Hall–Kier alpha value is -0.240. The van der Waals surface area contributed by atoms with Gasteiger partial charge in [-0.15, -0.1) is 0 Å². The summed E-state index contributed by atoms with van der Waals surface area (Å²) in [4.78, 5) is 2.22. The Labute approximate surface area is 94.6 Å². The highest BCUT2D eigenvalue weighted by Gasteiger charge is 2.26. The number of benzene rings is 1. The summed E-state index contributed by atoms with van der Waals surface area (Å²) in [6.07, 6.45) is 2.20. The van der Waals surface area contributed by atoms with E-state index in [9.17, 15) is 0 Å². The van der Waals surface area contributed by atoms with E-state index >= 15 is 0 Å². The highest BCUT2D eigenvalue weighted by molar-refractivity contribution is 6.35. The van der Waals surface area contributed by atoms with Crippen LogP contribution in [0.2, 0.25) is 10.0 Å². The van der Waals surface area contributed by atoms with Gasteiger partial charge >= 0.3 is 0 Å². The molecule has 76 valence electrons. The molecule has 3 heteroatoms. The summed E-state index contributed by atoms with van der Waals surface area (Å²) in [6, 6.07) is 4.35. The van der Waals surface area contributed by atoms with Gasteiger partial charge in [-0.1, -0.05) is 23.2 Å². The van der Waals surface area contributed by atoms with E-state index in [1.807, 2.05) is 12.1 Å². The molecule has 14 heavy (non-hydrogen) atoms. The fourth-order valence-electron chi connectivity index (χ4n) is 2.16. The maximum Gasteiger partial charge on any atom is 0.0456 e. The quantitative estimate of drug-likeness (QED) is 0.713. The van der Waals surface area contributed by atoms with Crippen LogP contribution >= 0.6 is 23.2 Å². The lowest BCUT2D eigenvalue weighted by Gasteiger charge is -2.20. The Morgan fingerprint density at radius 2 is 2.00 bits per heavy atom. The van der Waals surface area contributed by atoms with Gasteiger partial charge in [0.25, 0.3) is 0 Å². The molecule has 1 aliphatic rings. The summed E-state index contributed by atoms with van der Waals surface area (Å²) in [6.45, 7) is 0. The van der Waals surface area contributed by atoms with E-state index in [1.54, 1.807) is 0 Å². The van der Waals surface area contributed by atoms with Crippen LogP contribution in [0.1, 0.15) is 23.6 Å². The molecule has 0 aliphatic heterocycles. The van der Waals surface area contributed by atoms with Crippen molar-refractivity contribution in [3.05, 3.63) is 33.3 Å². The first-order valence-electron chi connectivity index (χ1n) is 4.74. The first-order chi connectivity index (χ1) is 6.59. The minimum absolute atomic E-state index is 0.473. The number of rotatable bonds is 1. The van der Waals surface area contributed by atoms with Crippen molar-refractivity contribution in [1.82, 2.24) is 4.90 Å². The summed E-state index contributed by atoms with van der Waals surface area (Å²) >= 11 is 12.1. The van der Waals surface area contributed by atoms with Gasteiger partial charge in [0.05, 0.1) is 0 Å². The molecule has 0 saturated heterocycles. The molecule has 0 spiro atoms. The Balaban J connectivity index is 2.49. The molecule has 1 unspecified atom stereocenters. The molecule has 1 nitrogen and oxygen atoms in total. The van der Waals surface area contributed by atoms with Gasteiger partial charge < -0.3 is 4.90 Å². The highest BCUT2D eigenvalue weighted by Crippen LogP contribution is 2.39. The smallest absolute Gasteiger partial charge is 0.0456 e. The van der Waals surface area contributed by atoms with E-state index < -0.39 is 0 Å². The molecule has 1 aromatic rings. The van der Waals surface area contributed by atoms with Crippen molar-refractivity contribution in [2.45, 2.75) is 18.9 Å². The lowest BCUT2D eigenvalue weighted by Crippen LogP contribution is -2.17. The number of nitrogens with zero attached hydrogens (tertiary/aromatic N) is 1. The summed E-state index contributed by atoms with van der Waals surface area (Å²) in [5.41, 5.74) is 2.57. The van der Waals surface area contributed by atoms with Gasteiger partial charge in [-0.2, -0.15) is 0 Å². The van der Waals surface area contributed by atoms with Crippen LogP contribution in [0.5, 0.6) is 0 Å². The number of halogens is 2. The van der Waals surface area contributed by atoms with Crippen molar-refractivity contribution in [2.24, 2.45) is 0 Å². The molecule has 1 aliphatic carbocycles. The molecule has 0 amide bonds. The van der Waals surface area contributed by atoms with Crippen molar-refractivity contribution in [1.29, 1.82) is 0 Å². The van der Waals surface area contributed by atoms with Crippen LogP contribution in [-0.4, -0.2) is 19.0 Å². The van der Waals surface area contributed by atoms with E-state index in [0.717, 1.165) is 22.9 Å². The molecule has 2 rings (SSSR count). The second kappa shape index (κ2) is 3.73. The van der Waals surface area contributed by atoms with E-state index in [1.165, 1.54) is 11.1 Å². The van der Waals surface area contributed by atoms with Crippen molar-refractivity contribution in [2.75, 3.05) is 14.1 Å². The number of hydrogen-bond donors (Lipinski definition) is 0. The molecule has 0 aromatic heterocycles. The molecular formula is C11H13Cl2N. The number of hydrogen-bond acceptors (Lipinski definition) is 1. The second-order valence-electron chi connectivity index (χ2n) is 3.97. The van der Waals surface area contributed by atoms with Gasteiger partial charge in [0.2, 0.25) is 0 Å². The maximum atomic E-state index is 6.14. The standard InChI is InChI=1S/C11H13Cl2N/c1-14(2)11-4-3-8-9(11)5-7(12)6-10(8)13/h5-6,11H,3-4H2,1-2H3. The molecule has 0 saturated carbocycles. The van der Waals surface area contributed by atoms with E-state index in [0.29, 0.717) is 6.04 Å². The van der Waals surface area contributed by atoms with Crippen molar-refractivity contribution in [3.8, 4) is 0 Å². The van der Waals surface area contributed by atoms with Gasteiger partial charge in [0.1, 0.15) is 0 Å². The first kappa shape index (κ1) is 10.3. The van der Waals surface area contributed by atoms with Crippen molar-refractivity contribution >= 4 is 23.2 Å². The fourth-order valence-corrected chi connectivity index (χ4v) is 2.76. The largest absolute Gasteiger partial charge is 0.302 e.